The van der Waals surface area contributed by atoms with Crippen LogP contribution < -0.4 is 5.56 Å². The van der Waals surface area contributed by atoms with E-state index >= 15 is 0 Å². The molecule has 0 bridgehead atoms. The van der Waals surface area contributed by atoms with Crippen LogP contribution in [0.25, 0.3) is 10.9 Å². The first-order valence-electron chi connectivity index (χ1n) is 6.25. The van der Waals surface area contributed by atoms with Crippen LogP contribution in [0.3, 0.4) is 0 Å². The number of hydrogen-bond acceptors (Lipinski definition) is 3. The Balaban J connectivity index is 2.10. The Labute approximate surface area is 110 Å². The highest BCUT2D eigenvalue weighted by Gasteiger charge is 2.20. The molecular weight excluding hydrogens is 244 g/mol. The molecule has 98 valence electrons. The topological polar surface area (TPSA) is 51.5 Å². The maximum Gasteiger partial charge on any atom is 0.331 e. The molecule has 1 amide bonds. The second-order valence-electron chi connectivity index (χ2n) is 4.45. The van der Waals surface area contributed by atoms with Gasteiger partial charge in [-0.3, -0.25) is 4.79 Å². The summed E-state index contributed by atoms with van der Waals surface area (Å²) in [5.41, 5.74) is 0.349. The van der Waals surface area contributed by atoms with E-state index in [2.05, 4.69) is 0 Å². The van der Waals surface area contributed by atoms with E-state index in [4.69, 9.17) is 4.74 Å². The maximum absolute atomic E-state index is 12.5. The number of pyridine rings is 1. The van der Waals surface area contributed by atoms with Crippen molar-refractivity contribution < 1.29 is 9.53 Å². The predicted octanol–water partition coefficient (Wildman–Crippen LogP) is 1.30. The largest absolute Gasteiger partial charge is 0.378 e. The zero-order valence-corrected chi connectivity index (χ0v) is 10.4. The van der Waals surface area contributed by atoms with Crippen molar-refractivity contribution in [1.29, 1.82) is 0 Å². The van der Waals surface area contributed by atoms with Crippen molar-refractivity contribution in [1.82, 2.24) is 9.47 Å². The van der Waals surface area contributed by atoms with Crippen LogP contribution in [0, 0.1) is 0 Å². The molecule has 0 saturated carbocycles. The SMILES string of the molecule is O=C(N1CCOCC1)n1c(=O)ccc2ccccc21. The van der Waals surface area contributed by atoms with Crippen molar-refractivity contribution in [3.63, 3.8) is 0 Å². The highest BCUT2D eigenvalue weighted by molar-refractivity contribution is 5.90. The lowest BCUT2D eigenvalue weighted by Crippen LogP contribution is -2.45. The number of morpholine rings is 1. The van der Waals surface area contributed by atoms with E-state index in [0.29, 0.717) is 31.8 Å². The monoisotopic (exact) mass is 258 g/mol. The van der Waals surface area contributed by atoms with Gasteiger partial charge in [0.15, 0.2) is 0 Å². The van der Waals surface area contributed by atoms with E-state index in [0.717, 1.165) is 5.39 Å². The highest BCUT2D eigenvalue weighted by Crippen LogP contribution is 2.12. The normalized spacial score (nSPS) is 15.7. The minimum Gasteiger partial charge on any atom is -0.378 e. The number of rotatable bonds is 0. The summed E-state index contributed by atoms with van der Waals surface area (Å²) >= 11 is 0. The fourth-order valence-electron chi connectivity index (χ4n) is 2.28. The summed E-state index contributed by atoms with van der Waals surface area (Å²) in [7, 11) is 0. The average molecular weight is 258 g/mol. The zero-order chi connectivity index (χ0) is 13.2. The summed E-state index contributed by atoms with van der Waals surface area (Å²) in [6.07, 6.45) is 0. The van der Waals surface area contributed by atoms with Crippen molar-refractivity contribution in [3.05, 3.63) is 46.8 Å². The number of carbonyl (C=O) groups is 1. The molecule has 0 N–H and O–H groups in total. The third kappa shape index (κ3) is 2.13. The van der Waals surface area contributed by atoms with Gasteiger partial charge in [0.1, 0.15) is 0 Å². The molecule has 0 spiro atoms. The molecule has 19 heavy (non-hydrogen) atoms. The zero-order valence-electron chi connectivity index (χ0n) is 10.4. The van der Waals surface area contributed by atoms with Gasteiger partial charge in [0, 0.05) is 19.2 Å². The van der Waals surface area contributed by atoms with Crippen molar-refractivity contribution in [2.45, 2.75) is 0 Å². The summed E-state index contributed by atoms with van der Waals surface area (Å²) in [6, 6.07) is 10.3. The smallest absolute Gasteiger partial charge is 0.331 e. The lowest BCUT2D eigenvalue weighted by molar-refractivity contribution is 0.0536. The number of carbonyl (C=O) groups excluding carboxylic acids is 1. The van der Waals surface area contributed by atoms with Crippen molar-refractivity contribution in [2.24, 2.45) is 0 Å². The lowest BCUT2D eigenvalue weighted by Gasteiger charge is -2.27. The molecule has 1 saturated heterocycles. The van der Waals surface area contributed by atoms with E-state index in [-0.39, 0.29) is 11.6 Å². The Hall–Kier alpha value is -2.14. The number of nitrogens with zero attached hydrogens (tertiary/aromatic N) is 2. The molecule has 5 nitrogen and oxygen atoms in total. The van der Waals surface area contributed by atoms with E-state index < -0.39 is 0 Å². The van der Waals surface area contributed by atoms with Crippen LogP contribution in [0.5, 0.6) is 0 Å². The Kier molecular flexibility index (Phi) is 3.05. The quantitative estimate of drug-likeness (QED) is 0.715. The standard InChI is InChI=1S/C14H14N2O3/c17-13-6-5-11-3-1-2-4-12(11)16(13)14(18)15-7-9-19-10-8-15/h1-6H,7-10H2. The average Bonchev–Trinajstić information content (AvgIpc) is 2.47. The molecular formula is C14H14N2O3. The van der Waals surface area contributed by atoms with E-state index in [1.807, 2.05) is 18.2 Å². The van der Waals surface area contributed by atoms with Gasteiger partial charge in [-0.1, -0.05) is 18.2 Å². The number of amides is 1. The summed E-state index contributed by atoms with van der Waals surface area (Å²) < 4.78 is 6.46. The number of fused-ring (bicyclic) bond motifs is 1. The predicted molar refractivity (Wildman–Crippen MR) is 71.4 cm³/mol. The van der Waals surface area contributed by atoms with Gasteiger partial charge in [0.25, 0.3) is 5.56 Å². The Morgan fingerprint density at radius 2 is 1.79 bits per heavy atom. The number of hydrogen-bond donors (Lipinski definition) is 0. The van der Waals surface area contributed by atoms with Gasteiger partial charge in [-0.25, -0.2) is 9.36 Å². The van der Waals surface area contributed by atoms with Crippen molar-refractivity contribution >= 4 is 16.9 Å². The van der Waals surface area contributed by atoms with Crippen molar-refractivity contribution in [3.8, 4) is 0 Å². The van der Waals surface area contributed by atoms with Gasteiger partial charge in [0.2, 0.25) is 0 Å². The van der Waals surface area contributed by atoms with Crippen LogP contribution in [-0.4, -0.2) is 41.8 Å². The van der Waals surface area contributed by atoms with Gasteiger partial charge in [-0.2, -0.15) is 0 Å². The fourth-order valence-corrected chi connectivity index (χ4v) is 2.28. The lowest BCUT2D eigenvalue weighted by atomic mass is 10.2. The van der Waals surface area contributed by atoms with Crippen LogP contribution in [-0.2, 0) is 4.74 Å². The van der Waals surface area contributed by atoms with E-state index in [9.17, 15) is 9.59 Å². The molecule has 1 aromatic heterocycles. The molecule has 2 aromatic rings. The Morgan fingerprint density at radius 3 is 2.58 bits per heavy atom. The molecule has 0 unspecified atom stereocenters. The third-order valence-corrected chi connectivity index (χ3v) is 3.28. The molecule has 3 rings (SSSR count). The first-order valence-corrected chi connectivity index (χ1v) is 6.25. The Morgan fingerprint density at radius 1 is 1.05 bits per heavy atom. The van der Waals surface area contributed by atoms with Gasteiger partial charge >= 0.3 is 6.03 Å². The molecule has 1 fully saturated rings. The van der Waals surface area contributed by atoms with E-state index in [1.54, 1.807) is 17.0 Å². The summed E-state index contributed by atoms with van der Waals surface area (Å²) in [6.45, 7) is 2.08. The van der Waals surface area contributed by atoms with E-state index in [1.165, 1.54) is 10.6 Å². The van der Waals surface area contributed by atoms with Crippen LogP contribution in [0.1, 0.15) is 0 Å². The first kappa shape index (κ1) is 11.9. The minimum atomic E-state index is -0.296. The number of aromatic nitrogens is 1. The summed E-state index contributed by atoms with van der Waals surface area (Å²) in [4.78, 5) is 26.1. The molecule has 1 aliphatic rings. The summed E-state index contributed by atoms with van der Waals surface area (Å²) in [5, 5.41) is 0.878. The van der Waals surface area contributed by atoms with Crippen molar-refractivity contribution in [2.75, 3.05) is 26.3 Å². The molecule has 0 radical (unpaired) electrons. The van der Waals surface area contributed by atoms with Crippen LogP contribution in [0.2, 0.25) is 0 Å². The van der Waals surface area contributed by atoms with Gasteiger partial charge in [0.05, 0.1) is 18.7 Å². The fraction of sp³-hybridized carbons (Fsp3) is 0.286. The molecule has 5 heteroatoms. The number of ether oxygens (including phenoxy) is 1. The van der Waals surface area contributed by atoms with Gasteiger partial charge < -0.3 is 9.64 Å². The highest BCUT2D eigenvalue weighted by atomic mass is 16.5. The third-order valence-electron chi connectivity index (χ3n) is 3.28. The molecule has 0 atom stereocenters. The van der Waals surface area contributed by atoms with Gasteiger partial charge in [-0.15, -0.1) is 0 Å². The molecule has 1 aromatic carbocycles. The maximum atomic E-state index is 12.5. The minimum absolute atomic E-state index is 0.273. The van der Waals surface area contributed by atoms with Crippen LogP contribution in [0.4, 0.5) is 4.79 Å². The number of benzene rings is 1. The summed E-state index contributed by atoms with van der Waals surface area (Å²) in [5.74, 6) is 0. The second kappa shape index (κ2) is 4.85. The molecule has 0 aliphatic carbocycles. The Bertz CT molecular complexity index is 672. The van der Waals surface area contributed by atoms with Gasteiger partial charge in [-0.05, 0) is 17.5 Å². The number of para-hydroxylation sites is 1. The molecule has 1 aliphatic heterocycles. The molecule has 2 heterocycles. The van der Waals surface area contributed by atoms with Crippen LogP contribution >= 0.6 is 0 Å². The van der Waals surface area contributed by atoms with Crippen LogP contribution in [0.15, 0.2) is 41.2 Å². The first-order chi connectivity index (χ1) is 9.27. The second-order valence-corrected chi connectivity index (χ2v) is 4.45.